The summed E-state index contributed by atoms with van der Waals surface area (Å²) in [4.78, 5) is 15.6. The van der Waals surface area contributed by atoms with E-state index in [1.54, 1.807) is 6.92 Å². The van der Waals surface area contributed by atoms with E-state index in [-0.39, 0.29) is 0 Å². The fourth-order valence-corrected chi connectivity index (χ4v) is 1.69. The van der Waals surface area contributed by atoms with Gasteiger partial charge in [0.05, 0.1) is 0 Å². The zero-order valence-corrected chi connectivity index (χ0v) is 8.49. The number of carbonyl (C=O) groups is 1. The van der Waals surface area contributed by atoms with Gasteiger partial charge in [0.1, 0.15) is 0 Å². The molecule has 1 rings (SSSR count). The number of rotatable bonds is 3. The molecule has 1 amide bonds. The molecule has 15 heavy (non-hydrogen) atoms. The number of carbonyl (C=O) groups excluding carboxylic acids is 1. The fraction of sp³-hybridized carbons (Fsp3) is 0.889. The average molecular weight is 225 g/mol. The van der Waals surface area contributed by atoms with E-state index >= 15 is 0 Å². The molecule has 0 aromatic carbocycles. The van der Waals surface area contributed by atoms with E-state index in [1.807, 2.05) is 5.48 Å². The van der Waals surface area contributed by atoms with Gasteiger partial charge in [0.2, 0.25) is 5.91 Å². The van der Waals surface area contributed by atoms with Crippen molar-refractivity contribution in [3.05, 3.63) is 0 Å². The van der Waals surface area contributed by atoms with Gasteiger partial charge >= 0.3 is 6.18 Å². The van der Waals surface area contributed by atoms with Crippen molar-refractivity contribution in [1.29, 1.82) is 0 Å². The molecule has 0 radical (unpaired) electrons. The second-order valence-electron chi connectivity index (χ2n) is 4.10. The van der Waals surface area contributed by atoms with Gasteiger partial charge in [-0.3, -0.25) is 9.63 Å². The van der Waals surface area contributed by atoms with Crippen LogP contribution in [-0.4, -0.2) is 18.7 Å². The highest BCUT2D eigenvalue weighted by molar-refractivity contribution is 5.81. The van der Waals surface area contributed by atoms with Crippen molar-refractivity contribution < 1.29 is 22.8 Å². The highest BCUT2D eigenvalue weighted by atomic mass is 19.4. The summed E-state index contributed by atoms with van der Waals surface area (Å²) < 4.78 is 35.1. The Morgan fingerprint density at radius 3 is 2.40 bits per heavy atom. The molecule has 1 aliphatic carbocycles. The molecule has 0 heterocycles. The van der Waals surface area contributed by atoms with Crippen molar-refractivity contribution in [1.82, 2.24) is 5.48 Å². The number of hydrogen-bond acceptors (Lipinski definition) is 2. The lowest BCUT2D eigenvalue weighted by molar-refractivity contribution is -0.194. The van der Waals surface area contributed by atoms with Crippen LogP contribution in [0.4, 0.5) is 13.2 Å². The highest BCUT2D eigenvalue weighted by Gasteiger charge is 2.37. The van der Waals surface area contributed by atoms with Gasteiger partial charge in [0.15, 0.2) is 6.61 Å². The standard InChI is InChI=1S/C9H14F3NO2/c1-8(4-2-3-5-8)7(14)13-15-6-9(10,11)12/h2-6H2,1H3,(H,13,14). The number of hydroxylamine groups is 1. The Labute approximate surface area is 85.9 Å². The summed E-state index contributed by atoms with van der Waals surface area (Å²) in [5.74, 6) is -0.454. The van der Waals surface area contributed by atoms with E-state index in [1.165, 1.54) is 0 Å². The minimum absolute atomic E-state index is 0.454. The molecule has 0 spiro atoms. The Hall–Kier alpha value is -0.780. The van der Waals surface area contributed by atoms with Crippen LogP contribution >= 0.6 is 0 Å². The predicted molar refractivity (Wildman–Crippen MR) is 46.7 cm³/mol. The van der Waals surface area contributed by atoms with E-state index in [0.717, 1.165) is 12.8 Å². The van der Waals surface area contributed by atoms with Crippen molar-refractivity contribution in [2.45, 2.75) is 38.8 Å². The fourth-order valence-electron chi connectivity index (χ4n) is 1.69. The molecular formula is C9H14F3NO2. The minimum Gasteiger partial charge on any atom is -0.272 e. The van der Waals surface area contributed by atoms with Crippen LogP contribution in [-0.2, 0) is 9.63 Å². The molecule has 1 saturated carbocycles. The summed E-state index contributed by atoms with van der Waals surface area (Å²) in [6.07, 6.45) is -1.14. The van der Waals surface area contributed by atoms with Crippen molar-refractivity contribution in [3.8, 4) is 0 Å². The third-order valence-electron chi connectivity index (χ3n) is 2.66. The molecule has 0 bridgehead atoms. The first-order valence-electron chi connectivity index (χ1n) is 4.82. The zero-order valence-electron chi connectivity index (χ0n) is 8.49. The van der Waals surface area contributed by atoms with Gasteiger partial charge in [-0.15, -0.1) is 0 Å². The van der Waals surface area contributed by atoms with Gasteiger partial charge in [-0.05, 0) is 12.8 Å². The predicted octanol–water partition coefficient (Wildman–Crippen LogP) is 2.18. The summed E-state index contributed by atoms with van der Waals surface area (Å²) in [6, 6.07) is 0. The van der Waals surface area contributed by atoms with Crippen LogP contribution < -0.4 is 5.48 Å². The normalized spacial score (nSPS) is 20.3. The summed E-state index contributed by atoms with van der Waals surface area (Å²) in [5.41, 5.74) is 1.30. The maximum Gasteiger partial charge on any atom is 0.414 e. The molecule has 0 aromatic heterocycles. The number of amides is 1. The van der Waals surface area contributed by atoms with Gasteiger partial charge in [0.25, 0.3) is 0 Å². The van der Waals surface area contributed by atoms with Crippen molar-refractivity contribution in [2.24, 2.45) is 5.41 Å². The molecule has 1 fully saturated rings. The van der Waals surface area contributed by atoms with Crippen LogP contribution in [0.5, 0.6) is 0 Å². The molecule has 88 valence electrons. The molecule has 0 saturated heterocycles. The quantitative estimate of drug-likeness (QED) is 0.747. The number of hydrogen-bond donors (Lipinski definition) is 1. The van der Waals surface area contributed by atoms with Crippen molar-refractivity contribution in [3.63, 3.8) is 0 Å². The summed E-state index contributed by atoms with van der Waals surface area (Å²) in [6.45, 7) is 0.293. The molecule has 0 aromatic rings. The van der Waals surface area contributed by atoms with Gasteiger partial charge in [-0.1, -0.05) is 19.8 Å². The second-order valence-corrected chi connectivity index (χ2v) is 4.10. The number of halogens is 3. The molecule has 6 heteroatoms. The van der Waals surface area contributed by atoms with Gasteiger partial charge in [0, 0.05) is 5.41 Å². The number of alkyl halides is 3. The lowest BCUT2D eigenvalue weighted by Gasteiger charge is -2.21. The van der Waals surface area contributed by atoms with Crippen molar-refractivity contribution >= 4 is 5.91 Å². The zero-order chi connectivity index (χ0) is 11.5. The van der Waals surface area contributed by atoms with Gasteiger partial charge in [-0.25, -0.2) is 5.48 Å². The first kappa shape index (κ1) is 12.3. The Kier molecular flexibility index (Phi) is 3.59. The highest BCUT2D eigenvalue weighted by Crippen LogP contribution is 2.37. The maximum absolute atomic E-state index is 11.7. The SMILES string of the molecule is CC1(C(=O)NOCC(F)(F)F)CCCC1. The van der Waals surface area contributed by atoms with Gasteiger partial charge < -0.3 is 0 Å². The van der Waals surface area contributed by atoms with Crippen LogP contribution in [0.2, 0.25) is 0 Å². The maximum atomic E-state index is 11.7. The second kappa shape index (κ2) is 4.38. The van der Waals surface area contributed by atoms with Crippen LogP contribution in [0.3, 0.4) is 0 Å². The van der Waals surface area contributed by atoms with Crippen LogP contribution in [0.1, 0.15) is 32.6 Å². The van der Waals surface area contributed by atoms with Crippen LogP contribution in [0.15, 0.2) is 0 Å². The molecular weight excluding hydrogens is 211 g/mol. The monoisotopic (exact) mass is 225 g/mol. The van der Waals surface area contributed by atoms with E-state index in [4.69, 9.17) is 0 Å². The van der Waals surface area contributed by atoms with E-state index in [2.05, 4.69) is 4.84 Å². The molecule has 0 atom stereocenters. The molecule has 3 nitrogen and oxygen atoms in total. The van der Waals surface area contributed by atoms with E-state index in [0.29, 0.717) is 12.8 Å². The Bertz CT molecular complexity index is 234. The third kappa shape index (κ3) is 3.70. The van der Waals surface area contributed by atoms with Crippen LogP contribution in [0.25, 0.3) is 0 Å². The van der Waals surface area contributed by atoms with Crippen LogP contribution in [0, 0.1) is 5.41 Å². The van der Waals surface area contributed by atoms with E-state index in [9.17, 15) is 18.0 Å². The summed E-state index contributed by atoms with van der Waals surface area (Å²) in [5, 5.41) is 0. The Morgan fingerprint density at radius 1 is 1.40 bits per heavy atom. The third-order valence-corrected chi connectivity index (χ3v) is 2.66. The topological polar surface area (TPSA) is 38.3 Å². The summed E-state index contributed by atoms with van der Waals surface area (Å²) in [7, 11) is 0. The van der Waals surface area contributed by atoms with Gasteiger partial charge in [-0.2, -0.15) is 13.2 Å². The number of nitrogens with one attached hydrogen (secondary N) is 1. The molecule has 0 unspecified atom stereocenters. The largest absolute Gasteiger partial charge is 0.414 e. The molecule has 1 aliphatic rings. The molecule has 1 N–H and O–H groups in total. The Balaban J connectivity index is 2.30. The molecule has 0 aliphatic heterocycles. The lowest BCUT2D eigenvalue weighted by Crippen LogP contribution is -2.38. The minimum atomic E-state index is -4.41. The first-order valence-corrected chi connectivity index (χ1v) is 4.82. The average Bonchev–Trinajstić information content (AvgIpc) is 2.51. The Morgan fingerprint density at radius 2 is 1.93 bits per heavy atom. The summed E-state index contributed by atoms with van der Waals surface area (Å²) >= 11 is 0. The smallest absolute Gasteiger partial charge is 0.272 e. The van der Waals surface area contributed by atoms with Crippen molar-refractivity contribution in [2.75, 3.05) is 6.61 Å². The first-order chi connectivity index (χ1) is 6.83. The lowest BCUT2D eigenvalue weighted by atomic mass is 9.88. The van der Waals surface area contributed by atoms with E-state index < -0.39 is 24.1 Å².